The van der Waals surface area contributed by atoms with E-state index in [-0.39, 0.29) is 16.7 Å². The third-order valence-electron chi connectivity index (χ3n) is 3.11. The van der Waals surface area contributed by atoms with E-state index in [1.807, 2.05) is 20.8 Å². The summed E-state index contributed by atoms with van der Waals surface area (Å²) in [6.07, 6.45) is 0.858. The number of nitrogens with one attached hydrogen (secondary N) is 1. The summed E-state index contributed by atoms with van der Waals surface area (Å²) in [5, 5.41) is 2.83. The van der Waals surface area contributed by atoms with Crippen LogP contribution in [0.5, 0.6) is 0 Å². The lowest BCUT2D eigenvalue weighted by molar-refractivity contribution is 0.0950. The largest absolute Gasteiger partial charge is 0.466 e. The van der Waals surface area contributed by atoms with Gasteiger partial charge in [0.2, 0.25) is 0 Å². The van der Waals surface area contributed by atoms with Crippen LogP contribution in [-0.4, -0.2) is 17.8 Å². The molecule has 108 valence electrons. The maximum absolute atomic E-state index is 12.1. The molecule has 4 heteroatoms. The lowest BCUT2D eigenvalue weighted by Gasteiger charge is -2.22. The second kappa shape index (κ2) is 6.00. The van der Waals surface area contributed by atoms with Crippen LogP contribution in [0, 0.1) is 26.2 Å². The zero-order valence-electron chi connectivity index (χ0n) is 12.7. The lowest BCUT2D eigenvalue weighted by atomic mass is 9.90. The van der Waals surface area contributed by atoms with Gasteiger partial charge in [-0.2, -0.15) is 0 Å². The molecule has 1 atom stereocenters. The first-order chi connectivity index (χ1) is 8.61. The molecule has 0 radical (unpaired) electrons. The van der Waals surface area contributed by atoms with Gasteiger partial charge in [-0.3, -0.25) is 4.79 Å². The summed E-state index contributed by atoms with van der Waals surface area (Å²) in [6, 6.07) is 0. The Morgan fingerprint density at radius 3 is 2.26 bits per heavy atom. The molecule has 0 aliphatic rings. The van der Waals surface area contributed by atoms with Crippen molar-refractivity contribution in [3.8, 4) is 0 Å². The Morgan fingerprint density at radius 1 is 1.26 bits per heavy atom. The molecule has 3 nitrogen and oxygen atoms in total. The summed E-state index contributed by atoms with van der Waals surface area (Å²) in [5.41, 5.74) is 1.70. The van der Waals surface area contributed by atoms with Gasteiger partial charge in [0.1, 0.15) is 11.5 Å². The van der Waals surface area contributed by atoms with Crippen LogP contribution in [0.25, 0.3) is 0 Å². The molecular weight excluding hydrogens is 262 g/mol. The predicted octanol–water partition coefficient (Wildman–Crippen LogP) is 3.98. The lowest BCUT2D eigenvalue weighted by Crippen LogP contribution is -2.32. The fourth-order valence-electron chi connectivity index (χ4n) is 2.16. The van der Waals surface area contributed by atoms with E-state index in [0.717, 1.165) is 17.7 Å². The average Bonchev–Trinajstić information content (AvgIpc) is 2.47. The highest BCUT2D eigenvalue weighted by molar-refractivity contribution is 6.21. The highest BCUT2D eigenvalue weighted by Crippen LogP contribution is 2.24. The molecule has 1 aromatic heterocycles. The number of carbonyl (C=O) groups is 1. The molecule has 0 saturated carbocycles. The van der Waals surface area contributed by atoms with Crippen LogP contribution in [0.15, 0.2) is 4.42 Å². The predicted molar refractivity (Wildman–Crippen MR) is 79.0 cm³/mol. The van der Waals surface area contributed by atoms with E-state index in [1.54, 1.807) is 0 Å². The van der Waals surface area contributed by atoms with Crippen molar-refractivity contribution in [2.24, 2.45) is 5.41 Å². The Balaban J connectivity index is 2.61. The van der Waals surface area contributed by atoms with Crippen LogP contribution in [0.2, 0.25) is 0 Å². The Bertz CT molecular complexity index is 457. The molecule has 1 heterocycles. The van der Waals surface area contributed by atoms with Crippen LogP contribution < -0.4 is 5.32 Å². The number of hydrogen-bond acceptors (Lipinski definition) is 2. The number of halogens is 1. The molecule has 0 bridgehead atoms. The fourth-order valence-corrected chi connectivity index (χ4v) is 2.70. The summed E-state index contributed by atoms with van der Waals surface area (Å²) in [4.78, 5) is 12.1. The van der Waals surface area contributed by atoms with Gasteiger partial charge in [-0.25, -0.2) is 0 Å². The first kappa shape index (κ1) is 16.1. The topological polar surface area (TPSA) is 42.2 Å². The quantitative estimate of drug-likeness (QED) is 0.850. The van der Waals surface area contributed by atoms with Gasteiger partial charge < -0.3 is 9.73 Å². The fraction of sp³-hybridized carbons (Fsp3) is 0.667. The summed E-state index contributed by atoms with van der Waals surface area (Å²) in [6.45, 7) is 12.5. The number of furan rings is 1. The van der Waals surface area contributed by atoms with Gasteiger partial charge in [-0.15, -0.1) is 11.6 Å². The molecule has 0 fully saturated rings. The molecule has 0 aliphatic heterocycles. The maximum atomic E-state index is 12.1. The summed E-state index contributed by atoms with van der Waals surface area (Å²) >= 11 is 6.24. The summed E-state index contributed by atoms with van der Waals surface area (Å²) < 4.78 is 5.46. The SMILES string of the molecule is Cc1oc(C)c(C(=O)NCC(Cl)CC(C)(C)C)c1C. The molecule has 0 spiro atoms. The van der Waals surface area contributed by atoms with E-state index in [1.165, 1.54) is 0 Å². The van der Waals surface area contributed by atoms with Crippen molar-refractivity contribution in [1.82, 2.24) is 5.32 Å². The zero-order chi connectivity index (χ0) is 14.8. The van der Waals surface area contributed by atoms with Gasteiger partial charge in [-0.1, -0.05) is 20.8 Å². The maximum Gasteiger partial charge on any atom is 0.255 e. The molecule has 1 unspecified atom stereocenters. The van der Waals surface area contributed by atoms with E-state index in [2.05, 4.69) is 26.1 Å². The Hall–Kier alpha value is -0.960. The minimum absolute atomic E-state index is 0.0578. The minimum Gasteiger partial charge on any atom is -0.466 e. The minimum atomic E-state index is -0.105. The molecule has 19 heavy (non-hydrogen) atoms. The third kappa shape index (κ3) is 4.57. The van der Waals surface area contributed by atoms with Crippen molar-refractivity contribution in [2.45, 2.75) is 53.3 Å². The highest BCUT2D eigenvalue weighted by Gasteiger charge is 2.21. The Labute approximate surface area is 120 Å². The summed E-state index contributed by atoms with van der Waals surface area (Å²) in [5.74, 6) is 1.35. The van der Waals surface area contributed by atoms with Crippen LogP contribution in [0.1, 0.15) is 54.6 Å². The van der Waals surface area contributed by atoms with E-state index in [0.29, 0.717) is 17.9 Å². The zero-order valence-corrected chi connectivity index (χ0v) is 13.4. The molecule has 0 saturated heterocycles. The highest BCUT2D eigenvalue weighted by atomic mass is 35.5. The van der Waals surface area contributed by atoms with Crippen molar-refractivity contribution >= 4 is 17.5 Å². The second-order valence-electron chi connectivity index (χ2n) is 6.29. The number of amides is 1. The monoisotopic (exact) mass is 285 g/mol. The second-order valence-corrected chi connectivity index (χ2v) is 6.90. The number of alkyl halides is 1. The van der Waals surface area contributed by atoms with E-state index in [4.69, 9.17) is 16.0 Å². The van der Waals surface area contributed by atoms with Gasteiger partial charge in [0.15, 0.2) is 0 Å². The number of rotatable bonds is 4. The number of aryl methyl sites for hydroxylation is 2. The van der Waals surface area contributed by atoms with Crippen LogP contribution in [-0.2, 0) is 0 Å². The van der Waals surface area contributed by atoms with E-state index in [9.17, 15) is 4.79 Å². The number of hydrogen-bond donors (Lipinski definition) is 1. The van der Waals surface area contributed by atoms with Crippen molar-refractivity contribution in [3.05, 3.63) is 22.6 Å². The van der Waals surface area contributed by atoms with Gasteiger partial charge in [0, 0.05) is 12.1 Å². The standard InChI is InChI=1S/C15H24ClNO2/c1-9-10(2)19-11(3)13(9)14(18)17-8-12(16)7-15(4,5)6/h12H,7-8H2,1-6H3,(H,17,18). The summed E-state index contributed by atoms with van der Waals surface area (Å²) in [7, 11) is 0. The number of carbonyl (C=O) groups excluding carboxylic acids is 1. The van der Waals surface area contributed by atoms with Crippen molar-refractivity contribution in [1.29, 1.82) is 0 Å². The van der Waals surface area contributed by atoms with Crippen LogP contribution in [0.3, 0.4) is 0 Å². The first-order valence-electron chi connectivity index (χ1n) is 6.60. The van der Waals surface area contributed by atoms with Gasteiger partial charge in [-0.05, 0) is 32.6 Å². The van der Waals surface area contributed by atoms with Crippen molar-refractivity contribution < 1.29 is 9.21 Å². The van der Waals surface area contributed by atoms with E-state index >= 15 is 0 Å². The molecule has 1 amide bonds. The van der Waals surface area contributed by atoms with Gasteiger partial charge >= 0.3 is 0 Å². The van der Waals surface area contributed by atoms with Crippen LogP contribution >= 0.6 is 11.6 Å². The van der Waals surface area contributed by atoms with Crippen molar-refractivity contribution in [2.75, 3.05) is 6.54 Å². The van der Waals surface area contributed by atoms with Gasteiger partial charge in [0.05, 0.1) is 10.9 Å². The molecule has 1 N–H and O–H groups in total. The van der Waals surface area contributed by atoms with Crippen molar-refractivity contribution in [3.63, 3.8) is 0 Å². The first-order valence-corrected chi connectivity index (χ1v) is 7.04. The Morgan fingerprint density at radius 2 is 1.84 bits per heavy atom. The molecule has 1 aromatic rings. The smallest absolute Gasteiger partial charge is 0.255 e. The van der Waals surface area contributed by atoms with Gasteiger partial charge in [0.25, 0.3) is 5.91 Å². The van der Waals surface area contributed by atoms with Crippen LogP contribution in [0.4, 0.5) is 0 Å². The Kier molecular flexibility index (Phi) is 5.08. The average molecular weight is 286 g/mol. The third-order valence-corrected chi connectivity index (χ3v) is 3.41. The molecule has 1 rings (SSSR count). The molecular formula is C15H24ClNO2. The molecule has 0 aromatic carbocycles. The van der Waals surface area contributed by atoms with E-state index < -0.39 is 0 Å². The normalized spacial score (nSPS) is 13.4. The molecule has 0 aliphatic carbocycles.